The Balaban J connectivity index is 2.31. The molecule has 2 aromatic rings. The molecule has 0 amide bonds. The minimum atomic E-state index is -4.62. The second kappa shape index (κ2) is 7.12. The molecular formula is C16H13F3N4O2. The number of hydrogen-bond acceptors (Lipinski definition) is 4. The maximum Gasteiger partial charge on any atom is 0.435 e. The molecule has 0 radical (unpaired) electrons. The van der Waals surface area contributed by atoms with E-state index in [4.69, 9.17) is 15.9 Å². The Hall–Kier alpha value is -3.23. The first-order valence-corrected chi connectivity index (χ1v) is 6.95. The summed E-state index contributed by atoms with van der Waals surface area (Å²) in [5, 5.41) is 27.5. The fourth-order valence-corrected chi connectivity index (χ4v) is 2.11. The van der Waals surface area contributed by atoms with E-state index in [2.05, 4.69) is 5.10 Å². The zero-order valence-electron chi connectivity index (χ0n) is 12.7. The number of carboxylic acid groups (broad SMARTS) is 1. The molecule has 0 spiro atoms. The van der Waals surface area contributed by atoms with Gasteiger partial charge in [0.25, 0.3) is 0 Å². The lowest BCUT2D eigenvalue weighted by molar-refractivity contribution is -0.141. The number of nitrogens with zero attached hydrogens (tertiary/aromatic N) is 2. The van der Waals surface area contributed by atoms with Crippen LogP contribution in [0.5, 0.6) is 0 Å². The predicted molar refractivity (Wildman–Crippen MR) is 85.0 cm³/mol. The fraction of sp³-hybridized carbons (Fsp3) is 0.125. The summed E-state index contributed by atoms with van der Waals surface area (Å²) in [5.74, 6) is -2.39. The lowest BCUT2D eigenvalue weighted by Gasteiger charge is -2.14. The summed E-state index contributed by atoms with van der Waals surface area (Å²) < 4.78 is 38.6. The summed E-state index contributed by atoms with van der Waals surface area (Å²) in [6, 6.07) is 7.13. The van der Waals surface area contributed by atoms with Crippen molar-refractivity contribution < 1.29 is 23.1 Å². The van der Waals surface area contributed by atoms with E-state index >= 15 is 0 Å². The lowest BCUT2D eigenvalue weighted by Crippen LogP contribution is -2.22. The Morgan fingerprint density at radius 1 is 1.32 bits per heavy atom. The molecule has 3 N–H and O–H groups in total. The van der Waals surface area contributed by atoms with Crippen molar-refractivity contribution >= 4 is 24.1 Å². The molecule has 1 aromatic heterocycles. The number of alkyl halides is 3. The highest BCUT2D eigenvalue weighted by Crippen LogP contribution is 2.27. The number of aliphatic carboxylic acids is 1. The number of carbonyl (C=O) groups is 1. The largest absolute Gasteiger partial charge is 0.478 e. The van der Waals surface area contributed by atoms with Crippen molar-refractivity contribution in [3.05, 3.63) is 59.4 Å². The molecule has 0 aliphatic heterocycles. The molecule has 0 fully saturated rings. The lowest BCUT2D eigenvalue weighted by atomic mass is 9.97. The molecule has 25 heavy (non-hydrogen) atoms. The predicted octanol–water partition coefficient (Wildman–Crippen LogP) is 3.26. The molecule has 0 aliphatic rings. The number of benzene rings is 1. The first kappa shape index (κ1) is 18.1. The van der Waals surface area contributed by atoms with Crippen LogP contribution in [0.4, 0.5) is 13.2 Å². The van der Waals surface area contributed by atoms with E-state index in [1.54, 1.807) is 24.3 Å². The number of halogens is 3. The maximum atomic E-state index is 12.6. The van der Waals surface area contributed by atoms with Gasteiger partial charge in [-0.1, -0.05) is 24.3 Å². The molecule has 0 saturated carbocycles. The molecule has 1 atom stereocenters. The minimum absolute atomic E-state index is 0.329. The molecule has 0 saturated heterocycles. The topological polar surface area (TPSA) is 103 Å². The van der Waals surface area contributed by atoms with E-state index in [9.17, 15) is 18.0 Å². The SMILES string of the molecule is N=CC(C(=N)n1ccc(C(F)(F)F)n1)c1cccc(/C=C/C(=O)O)c1. The number of hydrogen-bond donors (Lipinski definition) is 3. The Kier molecular flexibility index (Phi) is 5.16. The molecular weight excluding hydrogens is 337 g/mol. The average Bonchev–Trinajstić information content (AvgIpc) is 3.04. The van der Waals surface area contributed by atoms with Gasteiger partial charge in [0.2, 0.25) is 0 Å². The average molecular weight is 350 g/mol. The van der Waals surface area contributed by atoms with Gasteiger partial charge in [-0.05, 0) is 23.3 Å². The van der Waals surface area contributed by atoms with Gasteiger partial charge in [-0.15, -0.1) is 0 Å². The zero-order valence-corrected chi connectivity index (χ0v) is 12.7. The molecule has 1 heterocycles. The first-order chi connectivity index (χ1) is 11.7. The third-order valence-electron chi connectivity index (χ3n) is 3.28. The Morgan fingerprint density at radius 3 is 2.60 bits per heavy atom. The molecule has 6 nitrogen and oxygen atoms in total. The third kappa shape index (κ3) is 4.40. The summed E-state index contributed by atoms with van der Waals surface area (Å²) in [7, 11) is 0. The Morgan fingerprint density at radius 2 is 2.04 bits per heavy atom. The highest BCUT2D eigenvalue weighted by molar-refractivity contribution is 6.01. The van der Waals surface area contributed by atoms with Gasteiger partial charge < -0.3 is 10.5 Å². The van der Waals surface area contributed by atoms with Crippen molar-refractivity contribution in [1.82, 2.24) is 9.78 Å². The van der Waals surface area contributed by atoms with E-state index in [1.807, 2.05) is 0 Å². The van der Waals surface area contributed by atoms with Crippen LogP contribution < -0.4 is 0 Å². The van der Waals surface area contributed by atoms with Crippen molar-refractivity contribution in [3.8, 4) is 0 Å². The van der Waals surface area contributed by atoms with Crippen LogP contribution >= 0.6 is 0 Å². The minimum Gasteiger partial charge on any atom is -0.478 e. The highest BCUT2D eigenvalue weighted by Gasteiger charge is 2.34. The first-order valence-electron chi connectivity index (χ1n) is 6.95. The highest BCUT2D eigenvalue weighted by atomic mass is 19.4. The van der Waals surface area contributed by atoms with Crippen LogP contribution in [0.15, 0.2) is 42.6 Å². The van der Waals surface area contributed by atoms with Crippen LogP contribution in [0.1, 0.15) is 22.7 Å². The number of aromatic nitrogens is 2. The van der Waals surface area contributed by atoms with Gasteiger partial charge in [0.1, 0.15) is 5.84 Å². The molecule has 1 aromatic carbocycles. The number of nitrogens with one attached hydrogen (secondary N) is 2. The van der Waals surface area contributed by atoms with Gasteiger partial charge in [-0.25, -0.2) is 9.48 Å². The third-order valence-corrected chi connectivity index (χ3v) is 3.28. The van der Waals surface area contributed by atoms with Crippen molar-refractivity contribution in [2.75, 3.05) is 0 Å². The summed E-state index contributed by atoms with van der Waals surface area (Å²) in [5.41, 5.74) is -0.147. The molecule has 130 valence electrons. The van der Waals surface area contributed by atoms with Gasteiger partial charge in [-0.2, -0.15) is 18.3 Å². The monoisotopic (exact) mass is 350 g/mol. The van der Waals surface area contributed by atoms with Crippen LogP contribution in [-0.2, 0) is 11.0 Å². The Labute approximate surface area is 140 Å². The van der Waals surface area contributed by atoms with Crippen molar-refractivity contribution in [2.24, 2.45) is 0 Å². The quantitative estimate of drug-likeness (QED) is 0.438. The van der Waals surface area contributed by atoms with Crippen molar-refractivity contribution in [1.29, 1.82) is 10.8 Å². The smallest absolute Gasteiger partial charge is 0.435 e. The maximum absolute atomic E-state index is 12.6. The van der Waals surface area contributed by atoms with Crippen LogP contribution in [0.25, 0.3) is 6.08 Å². The second-order valence-corrected chi connectivity index (χ2v) is 5.01. The number of carboxylic acids is 1. The van der Waals surface area contributed by atoms with E-state index in [0.29, 0.717) is 11.1 Å². The molecule has 9 heteroatoms. The van der Waals surface area contributed by atoms with E-state index in [1.165, 1.54) is 6.08 Å². The summed E-state index contributed by atoms with van der Waals surface area (Å²) in [6.07, 6.45) is -0.417. The van der Waals surface area contributed by atoms with Crippen LogP contribution in [0, 0.1) is 10.8 Å². The second-order valence-electron chi connectivity index (χ2n) is 5.01. The molecule has 1 unspecified atom stereocenters. The van der Waals surface area contributed by atoms with Crippen LogP contribution in [0.2, 0.25) is 0 Å². The molecule has 0 aliphatic carbocycles. The Bertz CT molecular complexity index is 840. The van der Waals surface area contributed by atoms with Gasteiger partial charge >= 0.3 is 12.1 Å². The molecule has 0 bridgehead atoms. The number of rotatable bonds is 5. The van der Waals surface area contributed by atoms with Gasteiger partial charge in [-0.3, -0.25) is 5.41 Å². The van der Waals surface area contributed by atoms with E-state index in [0.717, 1.165) is 29.2 Å². The summed E-state index contributed by atoms with van der Waals surface area (Å²) >= 11 is 0. The van der Waals surface area contributed by atoms with Gasteiger partial charge in [0.05, 0.1) is 5.92 Å². The molecule has 2 rings (SSSR count). The van der Waals surface area contributed by atoms with Gasteiger partial charge in [0.15, 0.2) is 5.69 Å². The van der Waals surface area contributed by atoms with Gasteiger partial charge in [0, 0.05) is 18.5 Å². The standard InChI is InChI=1S/C16H13F3N4O2/c17-16(18,19)13-6-7-23(22-13)15(21)12(9-20)11-3-1-2-10(8-11)4-5-14(24)25/h1-9,12,20-21H,(H,24,25)/b5-4+,20-9?,21-15?. The van der Waals surface area contributed by atoms with Crippen molar-refractivity contribution in [3.63, 3.8) is 0 Å². The van der Waals surface area contributed by atoms with Crippen LogP contribution in [0.3, 0.4) is 0 Å². The van der Waals surface area contributed by atoms with E-state index < -0.39 is 23.8 Å². The van der Waals surface area contributed by atoms with Crippen molar-refractivity contribution in [2.45, 2.75) is 12.1 Å². The van der Waals surface area contributed by atoms with Crippen LogP contribution in [-0.4, -0.2) is 32.9 Å². The van der Waals surface area contributed by atoms with E-state index in [-0.39, 0.29) is 5.84 Å². The summed E-state index contributed by atoms with van der Waals surface area (Å²) in [4.78, 5) is 10.6. The fourth-order valence-electron chi connectivity index (χ4n) is 2.11. The normalized spacial score (nSPS) is 12.9. The zero-order chi connectivity index (χ0) is 18.6. The summed E-state index contributed by atoms with van der Waals surface area (Å²) in [6.45, 7) is 0.